The van der Waals surface area contributed by atoms with E-state index in [1.54, 1.807) is 0 Å². The second kappa shape index (κ2) is 6.83. The van der Waals surface area contributed by atoms with Crippen LogP contribution in [0.15, 0.2) is 28.7 Å². The topological polar surface area (TPSA) is 40.5 Å². The summed E-state index contributed by atoms with van der Waals surface area (Å²) in [6.45, 7) is 1.35. The van der Waals surface area contributed by atoms with Gasteiger partial charge in [0.2, 0.25) is 0 Å². The summed E-state index contributed by atoms with van der Waals surface area (Å²) in [6.07, 6.45) is 4.49. The van der Waals surface area contributed by atoms with E-state index < -0.39 is 5.60 Å². The number of hydrogen-bond acceptors (Lipinski definition) is 3. The van der Waals surface area contributed by atoms with Crippen LogP contribution >= 0.6 is 15.9 Å². The van der Waals surface area contributed by atoms with Crippen molar-refractivity contribution in [1.29, 1.82) is 0 Å². The van der Waals surface area contributed by atoms with Crippen molar-refractivity contribution in [2.75, 3.05) is 20.1 Å². The Morgan fingerprint density at radius 1 is 1.40 bits per heavy atom. The molecule has 0 unspecified atom stereocenters. The van der Waals surface area contributed by atoms with Gasteiger partial charge in [-0.15, -0.1) is 0 Å². The van der Waals surface area contributed by atoms with Gasteiger partial charge in [-0.1, -0.05) is 40.9 Å². The highest BCUT2D eigenvalue weighted by Crippen LogP contribution is 2.29. The summed E-state index contributed by atoms with van der Waals surface area (Å²) in [5.74, 6) is 0.150. The first kappa shape index (κ1) is 15.7. The second-order valence-corrected chi connectivity index (χ2v) is 6.77. The number of benzene rings is 1. The zero-order chi connectivity index (χ0) is 14.6. The lowest BCUT2D eigenvalue weighted by atomic mass is 10.0. The van der Waals surface area contributed by atoms with Crippen LogP contribution < -0.4 is 0 Å². The van der Waals surface area contributed by atoms with Gasteiger partial charge in [-0.3, -0.25) is 4.79 Å². The molecule has 0 bridgehead atoms. The molecule has 1 aromatic carbocycles. The molecule has 3 nitrogen and oxygen atoms in total. The lowest BCUT2D eigenvalue weighted by Gasteiger charge is -2.28. The van der Waals surface area contributed by atoms with Gasteiger partial charge >= 0.3 is 0 Å². The smallest absolute Gasteiger partial charge is 0.164 e. The predicted molar refractivity (Wildman–Crippen MR) is 84.0 cm³/mol. The molecule has 20 heavy (non-hydrogen) atoms. The summed E-state index contributed by atoms with van der Waals surface area (Å²) in [5.41, 5.74) is 0.209. The molecule has 0 heterocycles. The van der Waals surface area contributed by atoms with Crippen molar-refractivity contribution in [3.8, 4) is 0 Å². The van der Waals surface area contributed by atoms with Gasteiger partial charge in [-0.05, 0) is 32.0 Å². The summed E-state index contributed by atoms with van der Waals surface area (Å²) in [4.78, 5) is 14.2. The Balaban J connectivity index is 1.81. The van der Waals surface area contributed by atoms with E-state index in [9.17, 15) is 9.90 Å². The van der Waals surface area contributed by atoms with Crippen LogP contribution in [0.1, 0.15) is 42.5 Å². The zero-order valence-electron chi connectivity index (χ0n) is 11.9. The van der Waals surface area contributed by atoms with Gasteiger partial charge in [0.1, 0.15) is 0 Å². The molecule has 1 aliphatic carbocycles. The van der Waals surface area contributed by atoms with Gasteiger partial charge in [0.05, 0.1) is 5.60 Å². The molecule has 1 saturated carbocycles. The van der Waals surface area contributed by atoms with Gasteiger partial charge < -0.3 is 10.0 Å². The van der Waals surface area contributed by atoms with E-state index in [1.807, 2.05) is 31.3 Å². The van der Waals surface area contributed by atoms with E-state index in [2.05, 4.69) is 20.8 Å². The number of carbonyl (C=O) groups excluding carboxylic acids is 1. The maximum absolute atomic E-state index is 12.1. The SMILES string of the molecule is CN(CCC(=O)c1cccc(Br)c1)CC1(O)CCCC1. The summed E-state index contributed by atoms with van der Waals surface area (Å²) in [6, 6.07) is 7.49. The first-order valence-corrected chi connectivity index (χ1v) is 7.97. The number of likely N-dealkylation sites (N-methyl/N-ethyl adjacent to an activating group) is 1. The molecule has 1 aliphatic rings. The van der Waals surface area contributed by atoms with E-state index in [0.29, 0.717) is 19.5 Å². The van der Waals surface area contributed by atoms with Gasteiger partial charge in [-0.2, -0.15) is 0 Å². The minimum atomic E-state index is -0.534. The number of halogens is 1. The summed E-state index contributed by atoms with van der Waals surface area (Å²) < 4.78 is 0.928. The van der Waals surface area contributed by atoms with E-state index >= 15 is 0 Å². The van der Waals surface area contributed by atoms with Crippen LogP contribution in [-0.4, -0.2) is 41.5 Å². The fourth-order valence-corrected chi connectivity index (χ4v) is 3.27. The van der Waals surface area contributed by atoms with Crippen molar-refractivity contribution in [2.45, 2.75) is 37.7 Å². The molecule has 0 aromatic heterocycles. The minimum Gasteiger partial charge on any atom is -0.389 e. The maximum atomic E-state index is 12.1. The summed E-state index contributed by atoms with van der Waals surface area (Å²) in [5, 5.41) is 10.3. The number of nitrogens with zero attached hydrogens (tertiary/aromatic N) is 1. The van der Waals surface area contributed by atoms with E-state index in [-0.39, 0.29) is 5.78 Å². The normalized spacial score (nSPS) is 17.6. The van der Waals surface area contributed by atoms with Crippen LogP contribution in [0.2, 0.25) is 0 Å². The molecule has 2 rings (SSSR count). The summed E-state index contributed by atoms with van der Waals surface area (Å²) >= 11 is 3.38. The molecule has 0 radical (unpaired) electrons. The Labute approximate surface area is 129 Å². The fraction of sp³-hybridized carbons (Fsp3) is 0.562. The van der Waals surface area contributed by atoms with Crippen LogP contribution in [0.3, 0.4) is 0 Å². The molecule has 0 saturated heterocycles. The lowest BCUT2D eigenvalue weighted by Crippen LogP contribution is -2.39. The van der Waals surface area contributed by atoms with Crippen molar-refractivity contribution in [1.82, 2.24) is 4.90 Å². The minimum absolute atomic E-state index is 0.150. The third-order valence-electron chi connectivity index (χ3n) is 3.97. The number of aliphatic hydroxyl groups is 1. The number of rotatable bonds is 6. The van der Waals surface area contributed by atoms with Crippen molar-refractivity contribution < 1.29 is 9.90 Å². The largest absolute Gasteiger partial charge is 0.389 e. The van der Waals surface area contributed by atoms with Crippen LogP contribution in [0.5, 0.6) is 0 Å². The van der Waals surface area contributed by atoms with Crippen LogP contribution in [0.4, 0.5) is 0 Å². The molecule has 4 heteroatoms. The Morgan fingerprint density at radius 3 is 2.75 bits per heavy atom. The predicted octanol–water partition coefficient (Wildman–Crippen LogP) is 3.26. The van der Waals surface area contributed by atoms with Crippen molar-refractivity contribution in [3.05, 3.63) is 34.3 Å². The first-order chi connectivity index (χ1) is 9.48. The monoisotopic (exact) mass is 339 g/mol. The van der Waals surface area contributed by atoms with E-state index in [1.165, 1.54) is 0 Å². The molecule has 0 spiro atoms. The average Bonchev–Trinajstić information content (AvgIpc) is 2.82. The van der Waals surface area contributed by atoms with Gasteiger partial charge in [0, 0.05) is 29.5 Å². The molecule has 1 fully saturated rings. The fourth-order valence-electron chi connectivity index (χ4n) is 2.87. The number of hydrogen-bond donors (Lipinski definition) is 1. The van der Waals surface area contributed by atoms with Crippen LogP contribution in [-0.2, 0) is 0 Å². The molecule has 0 aliphatic heterocycles. The summed E-state index contributed by atoms with van der Waals surface area (Å²) in [7, 11) is 1.98. The lowest BCUT2D eigenvalue weighted by molar-refractivity contribution is 0.0162. The van der Waals surface area contributed by atoms with Crippen molar-refractivity contribution in [2.24, 2.45) is 0 Å². The third-order valence-corrected chi connectivity index (χ3v) is 4.46. The van der Waals surface area contributed by atoms with Crippen LogP contribution in [0, 0.1) is 0 Å². The Bertz CT molecular complexity index is 469. The van der Waals surface area contributed by atoms with Crippen molar-refractivity contribution >= 4 is 21.7 Å². The Kier molecular flexibility index (Phi) is 5.35. The molecular weight excluding hydrogens is 318 g/mol. The van der Waals surface area contributed by atoms with E-state index in [0.717, 1.165) is 35.7 Å². The third kappa shape index (κ3) is 4.40. The molecular formula is C16H22BrNO2. The van der Waals surface area contributed by atoms with Gasteiger partial charge in [0.15, 0.2) is 5.78 Å². The highest BCUT2D eigenvalue weighted by atomic mass is 79.9. The molecule has 0 amide bonds. The highest BCUT2D eigenvalue weighted by Gasteiger charge is 2.32. The van der Waals surface area contributed by atoms with E-state index in [4.69, 9.17) is 0 Å². The molecule has 110 valence electrons. The quantitative estimate of drug-likeness (QED) is 0.808. The van der Waals surface area contributed by atoms with Crippen LogP contribution in [0.25, 0.3) is 0 Å². The number of Topliss-reactive ketones (excluding diaryl/α,β-unsaturated/α-hetero) is 1. The molecule has 1 N–H and O–H groups in total. The molecule has 0 atom stereocenters. The Morgan fingerprint density at radius 2 is 2.10 bits per heavy atom. The number of ketones is 1. The Hall–Kier alpha value is -0.710. The molecule has 1 aromatic rings. The zero-order valence-corrected chi connectivity index (χ0v) is 13.5. The highest BCUT2D eigenvalue weighted by molar-refractivity contribution is 9.10. The van der Waals surface area contributed by atoms with Gasteiger partial charge in [0.25, 0.3) is 0 Å². The second-order valence-electron chi connectivity index (χ2n) is 5.85. The van der Waals surface area contributed by atoms with Gasteiger partial charge in [-0.25, -0.2) is 0 Å². The first-order valence-electron chi connectivity index (χ1n) is 7.18. The average molecular weight is 340 g/mol. The van der Waals surface area contributed by atoms with Crippen molar-refractivity contribution in [3.63, 3.8) is 0 Å². The standard InChI is InChI=1S/C16H22BrNO2/c1-18(12-16(20)8-2-3-9-16)10-7-15(19)13-5-4-6-14(17)11-13/h4-6,11,20H,2-3,7-10,12H2,1H3. The maximum Gasteiger partial charge on any atom is 0.164 e. The number of carbonyl (C=O) groups is 1.